The summed E-state index contributed by atoms with van der Waals surface area (Å²) in [6.45, 7) is 0. The normalized spacial score (nSPS) is 13.8. The minimum absolute atomic E-state index is 0.344. The Labute approximate surface area is 159 Å². The molecule has 0 unspecified atom stereocenters. The molecule has 0 aromatic carbocycles. The molecule has 0 saturated heterocycles. The van der Waals surface area contributed by atoms with Gasteiger partial charge < -0.3 is 10.5 Å². The first kappa shape index (κ1) is 16.0. The smallest absolute Gasteiger partial charge is 0.176 e. The molecule has 1 aliphatic rings. The number of imidazole rings is 1. The highest BCUT2D eigenvalue weighted by Gasteiger charge is 2.23. The lowest BCUT2D eigenvalue weighted by atomic mass is 10.2. The van der Waals surface area contributed by atoms with Crippen LogP contribution < -0.4 is 10.5 Å². The molecule has 0 bridgehead atoms. The highest BCUT2D eigenvalue weighted by atomic mass is 35.5. The van der Waals surface area contributed by atoms with Gasteiger partial charge in [0.2, 0.25) is 0 Å². The molecular formula is C19H15ClN6O. The summed E-state index contributed by atoms with van der Waals surface area (Å²) in [6, 6.07) is 11.1. The van der Waals surface area contributed by atoms with Crippen molar-refractivity contribution in [3.05, 3.63) is 48.8 Å². The second kappa shape index (κ2) is 6.21. The van der Waals surface area contributed by atoms with Gasteiger partial charge in [-0.25, -0.2) is 19.0 Å². The zero-order valence-corrected chi connectivity index (χ0v) is 15.0. The van der Waals surface area contributed by atoms with E-state index in [1.165, 1.54) is 4.09 Å². The predicted octanol–water partition coefficient (Wildman–Crippen LogP) is 3.68. The molecule has 0 atom stereocenters. The molecule has 5 rings (SSSR count). The van der Waals surface area contributed by atoms with E-state index in [2.05, 4.69) is 19.9 Å². The summed E-state index contributed by atoms with van der Waals surface area (Å²) >= 11 is 6.48. The van der Waals surface area contributed by atoms with Crippen molar-refractivity contribution in [3.63, 3.8) is 0 Å². The van der Waals surface area contributed by atoms with Crippen molar-refractivity contribution < 1.29 is 4.74 Å². The van der Waals surface area contributed by atoms with Crippen LogP contribution in [0.4, 0.5) is 5.82 Å². The summed E-state index contributed by atoms with van der Waals surface area (Å²) in [5, 5.41) is 0. The van der Waals surface area contributed by atoms with Crippen molar-refractivity contribution in [1.29, 1.82) is 0 Å². The van der Waals surface area contributed by atoms with Gasteiger partial charge in [-0.1, -0.05) is 0 Å². The lowest BCUT2D eigenvalue weighted by molar-refractivity contribution is 0.302. The average molecular weight is 379 g/mol. The van der Waals surface area contributed by atoms with Crippen molar-refractivity contribution in [2.75, 3.05) is 5.73 Å². The van der Waals surface area contributed by atoms with Crippen LogP contribution in [-0.2, 0) is 0 Å². The maximum Gasteiger partial charge on any atom is 0.176 e. The third-order valence-corrected chi connectivity index (χ3v) is 4.68. The van der Waals surface area contributed by atoms with E-state index in [4.69, 9.17) is 22.2 Å². The highest BCUT2D eigenvalue weighted by Crippen LogP contribution is 2.30. The maximum absolute atomic E-state index is 6.48. The summed E-state index contributed by atoms with van der Waals surface area (Å²) in [5.41, 5.74) is 9.25. The monoisotopic (exact) mass is 378 g/mol. The molecule has 0 aliphatic heterocycles. The first-order valence-electron chi connectivity index (χ1n) is 8.58. The molecule has 8 heteroatoms. The van der Waals surface area contributed by atoms with Gasteiger partial charge in [-0.3, -0.25) is 4.98 Å². The Bertz CT molecular complexity index is 1140. The molecule has 4 aromatic rings. The molecule has 2 N–H and O–H groups in total. The van der Waals surface area contributed by atoms with Crippen LogP contribution >= 0.6 is 11.8 Å². The van der Waals surface area contributed by atoms with Crippen molar-refractivity contribution in [2.45, 2.75) is 18.9 Å². The van der Waals surface area contributed by atoms with E-state index in [-0.39, 0.29) is 0 Å². The van der Waals surface area contributed by atoms with E-state index in [1.54, 1.807) is 18.5 Å². The zero-order valence-electron chi connectivity index (χ0n) is 14.2. The van der Waals surface area contributed by atoms with E-state index >= 15 is 0 Å². The summed E-state index contributed by atoms with van der Waals surface area (Å²) in [4.78, 5) is 17.7. The fourth-order valence-electron chi connectivity index (χ4n) is 2.83. The van der Waals surface area contributed by atoms with Gasteiger partial charge in [0.1, 0.15) is 17.1 Å². The van der Waals surface area contributed by atoms with Gasteiger partial charge in [-0.15, -0.1) is 0 Å². The number of nitrogen functional groups attached to an aromatic ring is 1. The lowest BCUT2D eigenvalue weighted by Crippen LogP contribution is -1.97. The fourth-order valence-corrected chi connectivity index (χ4v) is 3.08. The molecule has 0 spiro atoms. The van der Waals surface area contributed by atoms with Gasteiger partial charge in [0.05, 0.1) is 29.3 Å². The number of rotatable bonds is 4. The third kappa shape index (κ3) is 2.96. The van der Waals surface area contributed by atoms with Gasteiger partial charge in [0.15, 0.2) is 11.5 Å². The van der Waals surface area contributed by atoms with Crippen LogP contribution in [0.1, 0.15) is 12.8 Å². The number of pyridine rings is 3. The van der Waals surface area contributed by atoms with Gasteiger partial charge in [-0.05, 0) is 49.2 Å². The van der Waals surface area contributed by atoms with Crippen LogP contribution in [0.15, 0.2) is 48.8 Å². The lowest BCUT2D eigenvalue weighted by Gasteiger charge is -2.05. The molecule has 1 aliphatic carbocycles. The Morgan fingerprint density at radius 3 is 2.63 bits per heavy atom. The summed E-state index contributed by atoms with van der Waals surface area (Å²) in [6.07, 6.45) is 5.92. The molecule has 4 heterocycles. The van der Waals surface area contributed by atoms with Crippen LogP contribution in [0.5, 0.6) is 5.75 Å². The number of halogens is 1. The Balaban J connectivity index is 1.53. The van der Waals surface area contributed by atoms with Gasteiger partial charge >= 0.3 is 0 Å². The van der Waals surface area contributed by atoms with Crippen molar-refractivity contribution in [3.8, 4) is 28.5 Å². The number of nitrogens with two attached hydrogens (primary N) is 1. The van der Waals surface area contributed by atoms with Gasteiger partial charge in [0, 0.05) is 18.0 Å². The third-order valence-electron chi connectivity index (χ3n) is 4.36. The Hall–Kier alpha value is -3.19. The first-order chi connectivity index (χ1) is 13.2. The van der Waals surface area contributed by atoms with E-state index in [0.29, 0.717) is 40.2 Å². The molecule has 0 amide bonds. The van der Waals surface area contributed by atoms with Gasteiger partial charge in [-0.2, -0.15) is 0 Å². The SMILES string of the molecule is Nc1ncccc1-c1nc2ccc(-c3ccc(OC4CC4)cn3)nc2n1Cl. The van der Waals surface area contributed by atoms with E-state index < -0.39 is 0 Å². The largest absolute Gasteiger partial charge is 0.489 e. The fraction of sp³-hybridized carbons (Fsp3) is 0.158. The standard InChI is InChI=1S/C19H15ClN6O/c20-26-18(13-2-1-9-22-17(13)21)25-16-8-7-15(24-19(16)26)14-6-5-12(10-23-14)27-11-3-4-11/h1-2,5-11H,3-4H2,(H2,21,22). The molecule has 27 heavy (non-hydrogen) atoms. The topological polar surface area (TPSA) is 91.7 Å². The minimum atomic E-state index is 0.344. The Morgan fingerprint density at radius 2 is 1.89 bits per heavy atom. The van der Waals surface area contributed by atoms with Crippen molar-refractivity contribution in [1.82, 2.24) is 24.0 Å². The molecule has 7 nitrogen and oxygen atoms in total. The van der Waals surface area contributed by atoms with E-state index in [1.807, 2.05) is 30.3 Å². The summed E-state index contributed by atoms with van der Waals surface area (Å²) in [5.74, 6) is 1.64. The van der Waals surface area contributed by atoms with Crippen LogP contribution in [0.2, 0.25) is 0 Å². The van der Waals surface area contributed by atoms with Gasteiger partial charge in [0.25, 0.3) is 0 Å². The molecule has 1 fully saturated rings. The van der Waals surface area contributed by atoms with E-state index in [0.717, 1.165) is 24.3 Å². The predicted molar refractivity (Wildman–Crippen MR) is 103 cm³/mol. The number of hydrogen-bond donors (Lipinski definition) is 1. The number of hydrogen-bond acceptors (Lipinski definition) is 6. The first-order valence-corrected chi connectivity index (χ1v) is 8.92. The molecule has 134 valence electrons. The Kier molecular flexibility index (Phi) is 3.68. The minimum Gasteiger partial charge on any atom is -0.489 e. The summed E-state index contributed by atoms with van der Waals surface area (Å²) in [7, 11) is 0. The number of nitrogens with zero attached hydrogens (tertiary/aromatic N) is 5. The number of fused-ring (bicyclic) bond motifs is 1. The average Bonchev–Trinajstić information content (AvgIpc) is 3.45. The number of ether oxygens (including phenoxy) is 1. The molecule has 0 radical (unpaired) electrons. The quantitative estimate of drug-likeness (QED) is 0.582. The summed E-state index contributed by atoms with van der Waals surface area (Å²) < 4.78 is 7.13. The number of anilines is 1. The molecular weight excluding hydrogens is 364 g/mol. The van der Waals surface area contributed by atoms with Crippen LogP contribution in [0.25, 0.3) is 33.9 Å². The second-order valence-electron chi connectivity index (χ2n) is 6.39. The van der Waals surface area contributed by atoms with Crippen LogP contribution in [-0.4, -0.2) is 30.1 Å². The highest BCUT2D eigenvalue weighted by molar-refractivity contribution is 6.20. The van der Waals surface area contributed by atoms with Crippen LogP contribution in [0.3, 0.4) is 0 Å². The van der Waals surface area contributed by atoms with Crippen LogP contribution in [0, 0.1) is 0 Å². The zero-order chi connectivity index (χ0) is 18.4. The molecule has 4 aromatic heterocycles. The van der Waals surface area contributed by atoms with Crippen molar-refractivity contribution in [2.24, 2.45) is 0 Å². The molecule has 1 saturated carbocycles. The second-order valence-corrected chi connectivity index (χ2v) is 6.73. The maximum atomic E-state index is 6.48. The van der Waals surface area contributed by atoms with E-state index in [9.17, 15) is 0 Å². The number of aromatic nitrogens is 5. The van der Waals surface area contributed by atoms with Crippen molar-refractivity contribution >= 4 is 28.8 Å². The Morgan fingerprint density at radius 1 is 1.04 bits per heavy atom.